The highest BCUT2D eigenvalue weighted by atomic mass is 32.2. The lowest BCUT2D eigenvalue weighted by molar-refractivity contribution is 0.574. The zero-order chi connectivity index (χ0) is 20.4. The number of rotatable bonds is 6. The molecule has 4 rings (SSSR count). The predicted molar refractivity (Wildman–Crippen MR) is 114 cm³/mol. The van der Waals surface area contributed by atoms with Gasteiger partial charge in [-0.25, -0.2) is 23.1 Å². The van der Waals surface area contributed by atoms with Crippen molar-refractivity contribution in [2.24, 2.45) is 0 Å². The van der Waals surface area contributed by atoms with Gasteiger partial charge in [-0.3, -0.25) is 0 Å². The molecule has 0 saturated carbocycles. The Morgan fingerprint density at radius 2 is 1.79 bits per heavy atom. The van der Waals surface area contributed by atoms with Crippen molar-refractivity contribution in [1.82, 2.24) is 19.3 Å². The SMILES string of the molecule is Cc1ccc(S(=O)(=O)NCCn2c(-c3ccccc3)nc3cccnc32)c(C)c1. The highest BCUT2D eigenvalue weighted by Gasteiger charge is 2.18. The standard InChI is InChI=1S/C22H22N4O2S/c1-16-10-11-20(17(2)15-16)29(27,28)24-13-14-26-21(18-7-4-3-5-8-18)25-19-9-6-12-23-22(19)26/h3-12,15,24H,13-14H2,1-2H3. The highest BCUT2D eigenvalue weighted by Crippen LogP contribution is 2.23. The first-order chi connectivity index (χ1) is 14.0. The van der Waals surface area contributed by atoms with Crippen molar-refractivity contribution in [3.63, 3.8) is 0 Å². The molecule has 4 aromatic rings. The molecule has 0 spiro atoms. The Labute approximate surface area is 170 Å². The quantitative estimate of drug-likeness (QED) is 0.530. The average Bonchev–Trinajstić information content (AvgIpc) is 3.07. The number of fused-ring (bicyclic) bond motifs is 1. The minimum absolute atomic E-state index is 0.234. The molecule has 2 aromatic carbocycles. The summed E-state index contributed by atoms with van der Waals surface area (Å²) in [6, 6.07) is 18.9. The zero-order valence-corrected chi connectivity index (χ0v) is 17.1. The third-order valence-electron chi connectivity index (χ3n) is 4.78. The highest BCUT2D eigenvalue weighted by molar-refractivity contribution is 7.89. The fraction of sp³-hybridized carbons (Fsp3) is 0.182. The Balaban J connectivity index is 1.61. The maximum Gasteiger partial charge on any atom is 0.240 e. The van der Waals surface area contributed by atoms with Crippen LogP contribution in [0.5, 0.6) is 0 Å². The van der Waals surface area contributed by atoms with Gasteiger partial charge in [-0.05, 0) is 37.6 Å². The molecule has 0 radical (unpaired) electrons. The Bertz CT molecular complexity index is 1260. The molecule has 0 fully saturated rings. The molecule has 0 aliphatic carbocycles. The van der Waals surface area contributed by atoms with E-state index in [0.29, 0.717) is 11.4 Å². The second kappa shape index (κ2) is 7.77. The van der Waals surface area contributed by atoms with Gasteiger partial charge in [0.25, 0.3) is 0 Å². The Morgan fingerprint density at radius 3 is 2.55 bits per heavy atom. The number of imidazole rings is 1. The number of hydrogen-bond acceptors (Lipinski definition) is 4. The average molecular weight is 407 g/mol. The van der Waals surface area contributed by atoms with Gasteiger partial charge in [0.15, 0.2) is 5.65 Å². The van der Waals surface area contributed by atoms with Crippen LogP contribution in [0.2, 0.25) is 0 Å². The Morgan fingerprint density at radius 1 is 1.00 bits per heavy atom. The monoisotopic (exact) mass is 406 g/mol. The summed E-state index contributed by atoms with van der Waals surface area (Å²) in [5.74, 6) is 0.769. The van der Waals surface area contributed by atoms with Gasteiger partial charge in [0.1, 0.15) is 11.3 Å². The van der Waals surface area contributed by atoms with Crippen LogP contribution in [-0.2, 0) is 16.6 Å². The minimum atomic E-state index is -3.60. The van der Waals surface area contributed by atoms with Crippen LogP contribution in [0.15, 0.2) is 71.8 Å². The smallest absolute Gasteiger partial charge is 0.240 e. The summed E-state index contributed by atoms with van der Waals surface area (Å²) >= 11 is 0. The van der Waals surface area contributed by atoms with E-state index in [0.717, 1.165) is 33.7 Å². The summed E-state index contributed by atoms with van der Waals surface area (Å²) in [6.45, 7) is 4.40. The van der Waals surface area contributed by atoms with Crippen LogP contribution in [-0.4, -0.2) is 29.5 Å². The lowest BCUT2D eigenvalue weighted by Gasteiger charge is -2.12. The van der Waals surface area contributed by atoms with Crippen molar-refractivity contribution in [2.75, 3.05) is 6.54 Å². The largest absolute Gasteiger partial charge is 0.307 e. The summed E-state index contributed by atoms with van der Waals surface area (Å²) in [5, 5.41) is 0. The van der Waals surface area contributed by atoms with Gasteiger partial charge in [-0.2, -0.15) is 0 Å². The van der Waals surface area contributed by atoms with Gasteiger partial charge in [0.2, 0.25) is 10.0 Å². The molecule has 7 heteroatoms. The predicted octanol–water partition coefficient (Wildman–Crippen LogP) is 3.69. The molecular weight excluding hydrogens is 384 g/mol. The lowest BCUT2D eigenvalue weighted by atomic mass is 10.2. The van der Waals surface area contributed by atoms with Gasteiger partial charge in [0.05, 0.1) is 4.90 Å². The van der Waals surface area contributed by atoms with E-state index in [1.807, 2.05) is 73.0 Å². The van der Waals surface area contributed by atoms with Crippen molar-refractivity contribution < 1.29 is 8.42 Å². The van der Waals surface area contributed by atoms with E-state index in [2.05, 4.69) is 9.71 Å². The molecule has 0 atom stereocenters. The first-order valence-corrected chi connectivity index (χ1v) is 10.9. The third kappa shape index (κ3) is 3.92. The van der Waals surface area contributed by atoms with Crippen molar-refractivity contribution >= 4 is 21.2 Å². The van der Waals surface area contributed by atoms with Gasteiger partial charge in [-0.1, -0.05) is 48.0 Å². The molecule has 148 valence electrons. The van der Waals surface area contributed by atoms with Crippen LogP contribution in [0, 0.1) is 13.8 Å². The molecule has 1 N–H and O–H groups in total. The maximum absolute atomic E-state index is 12.8. The van der Waals surface area contributed by atoms with E-state index < -0.39 is 10.0 Å². The van der Waals surface area contributed by atoms with Gasteiger partial charge >= 0.3 is 0 Å². The summed E-state index contributed by atoms with van der Waals surface area (Å²) < 4.78 is 30.2. The van der Waals surface area contributed by atoms with E-state index in [1.54, 1.807) is 12.3 Å². The molecular formula is C22H22N4O2S. The molecule has 2 heterocycles. The molecule has 0 aliphatic rings. The number of sulfonamides is 1. The van der Waals surface area contributed by atoms with Crippen LogP contribution in [0.1, 0.15) is 11.1 Å². The number of pyridine rings is 1. The number of nitrogens with one attached hydrogen (secondary N) is 1. The van der Waals surface area contributed by atoms with Crippen LogP contribution >= 0.6 is 0 Å². The van der Waals surface area contributed by atoms with E-state index in [4.69, 9.17) is 4.98 Å². The molecule has 0 amide bonds. The number of aromatic nitrogens is 3. The van der Waals surface area contributed by atoms with E-state index in [9.17, 15) is 8.42 Å². The summed E-state index contributed by atoms with van der Waals surface area (Å²) in [6.07, 6.45) is 1.72. The molecule has 2 aromatic heterocycles. The normalized spacial score (nSPS) is 11.8. The first kappa shape index (κ1) is 19.3. The number of hydrogen-bond donors (Lipinski definition) is 1. The molecule has 29 heavy (non-hydrogen) atoms. The second-order valence-electron chi connectivity index (χ2n) is 6.97. The maximum atomic E-state index is 12.8. The fourth-order valence-electron chi connectivity index (χ4n) is 3.45. The molecule has 0 aliphatic heterocycles. The number of aryl methyl sites for hydroxylation is 2. The van der Waals surface area contributed by atoms with Gasteiger partial charge < -0.3 is 4.57 Å². The van der Waals surface area contributed by atoms with Crippen molar-refractivity contribution in [1.29, 1.82) is 0 Å². The minimum Gasteiger partial charge on any atom is -0.307 e. The first-order valence-electron chi connectivity index (χ1n) is 9.39. The van der Waals surface area contributed by atoms with Crippen LogP contribution in [0.25, 0.3) is 22.6 Å². The van der Waals surface area contributed by atoms with E-state index in [-0.39, 0.29) is 6.54 Å². The Hall–Kier alpha value is -3.03. The molecule has 6 nitrogen and oxygen atoms in total. The topological polar surface area (TPSA) is 76.9 Å². The van der Waals surface area contributed by atoms with Crippen molar-refractivity contribution in [3.05, 3.63) is 78.0 Å². The van der Waals surface area contributed by atoms with E-state index in [1.165, 1.54) is 0 Å². The molecule has 0 saturated heterocycles. The van der Waals surface area contributed by atoms with Crippen molar-refractivity contribution in [2.45, 2.75) is 25.3 Å². The molecule has 0 unspecified atom stereocenters. The lowest BCUT2D eigenvalue weighted by Crippen LogP contribution is -2.28. The summed E-state index contributed by atoms with van der Waals surface area (Å²) in [4.78, 5) is 9.46. The van der Waals surface area contributed by atoms with E-state index >= 15 is 0 Å². The second-order valence-corrected chi connectivity index (χ2v) is 8.70. The zero-order valence-electron chi connectivity index (χ0n) is 16.3. The van der Waals surface area contributed by atoms with Crippen LogP contribution in [0.3, 0.4) is 0 Å². The fourth-order valence-corrected chi connectivity index (χ4v) is 4.69. The van der Waals surface area contributed by atoms with Crippen LogP contribution < -0.4 is 4.72 Å². The third-order valence-corrected chi connectivity index (χ3v) is 6.40. The molecule has 0 bridgehead atoms. The van der Waals surface area contributed by atoms with Gasteiger partial charge in [-0.15, -0.1) is 0 Å². The van der Waals surface area contributed by atoms with Gasteiger partial charge in [0, 0.05) is 24.8 Å². The van der Waals surface area contributed by atoms with Crippen molar-refractivity contribution in [3.8, 4) is 11.4 Å². The summed E-state index contributed by atoms with van der Waals surface area (Å²) in [7, 11) is -3.60. The van der Waals surface area contributed by atoms with Crippen LogP contribution in [0.4, 0.5) is 0 Å². The number of nitrogens with zero attached hydrogens (tertiary/aromatic N) is 3. The number of benzene rings is 2. The Kier molecular flexibility index (Phi) is 5.17. The summed E-state index contributed by atoms with van der Waals surface area (Å²) in [5.41, 5.74) is 4.24.